The maximum absolute atomic E-state index is 11.7. The summed E-state index contributed by atoms with van der Waals surface area (Å²) in [4.78, 5) is 13.1. The molecule has 0 fully saturated rings. The van der Waals surface area contributed by atoms with Gasteiger partial charge < -0.3 is 10.4 Å². The zero-order valence-corrected chi connectivity index (χ0v) is 10.4. The summed E-state index contributed by atoms with van der Waals surface area (Å²) >= 11 is 1.75. The van der Waals surface area contributed by atoms with Crippen LogP contribution < -0.4 is 5.32 Å². The highest BCUT2D eigenvalue weighted by molar-refractivity contribution is 7.10. The minimum atomic E-state index is -1.30. The van der Waals surface area contributed by atoms with Crippen LogP contribution in [0.2, 0.25) is 0 Å². The van der Waals surface area contributed by atoms with E-state index in [1.165, 1.54) is 24.3 Å². The highest BCUT2D eigenvalue weighted by atomic mass is 32.1. The summed E-state index contributed by atoms with van der Waals surface area (Å²) < 4.78 is 0. The van der Waals surface area contributed by atoms with Crippen molar-refractivity contribution in [1.29, 1.82) is 0 Å². The van der Waals surface area contributed by atoms with Gasteiger partial charge >= 0.3 is 0 Å². The average Bonchev–Trinajstić information content (AvgIpc) is 2.65. The molecule has 0 aliphatic heterocycles. The summed E-state index contributed by atoms with van der Waals surface area (Å²) in [6.07, 6.45) is 3.18. The lowest BCUT2D eigenvalue weighted by atomic mass is 9.93. The number of hydrogen-bond acceptors (Lipinski definition) is 3. The molecule has 1 aliphatic carbocycles. The van der Waals surface area contributed by atoms with Crippen molar-refractivity contribution >= 4 is 17.2 Å². The topological polar surface area (TPSA) is 49.3 Å². The third-order valence-corrected chi connectivity index (χ3v) is 3.91. The van der Waals surface area contributed by atoms with Crippen LogP contribution in [0.15, 0.2) is 11.4 Å². The highest BCUT2D eigenvalue weighted by Gasteiger charge is 2.29. The number of carbonyl (C=O) groups is 1. The molecule has 0 spiro atoms. The number of carbonyl (C=O) groups excluding carboxylic acids is 1. The largest absolute Gasteiger partial charge is 0.381 e. The van der Waals surface area contributed by atoms with E-state index in [0.717, 1.165) is 19.3 Å². The van der Waals surface area contributed by atoms with Crippen molar-refractivity contribution in [2.24, 2.45) is 0 Å². The molecule has 1 atom stereocenters. The second kappa shape index (κ2) is 4.18. The van der Waals surface area contributed by atoms with E-state index in [9.17, 15) is 9.90 Å². The molecule has 4 heteroatoms. The van der Waals surface area contributed by atoms with Crippen LogP contribution in [0.3, 0.4) is 0 Å². The smallest absolute Gasteiger partial charge is 0.251 e. The van der Waals surface area contributed by atoms with Crippen molar-refractivity contribution in [2.45, 2.75) is 44.8 Å². The number of aliphatic hydroxyl groups is 1. The molecule has 1 unspecified atom stereocenters. The molecule has 0 saturated carbocycles. The zero-order chi connectivity index (χ0) is 11.8. The first-order chi connectivity index (χ1) is 7.48. The first-order valence-corrected chi connectivity index (χ1v) is 6.46. The molecular formula is C12H17NO2S. The molecule has 1 amide bonds. The Labute approximate surface area is 99.5 Å². The van der Waals surface area contributed by atoms with Crippen molar-refractivity contribution < 1.29 is 9.90 Å². The van der Waals surface area contributed by atoms with Gasteiger partial charge in [0.15, 0.2) is 0 Å². The molecule has 16 heavy (non-hydrogen) atoms. The fraction of sp³-hybridized carbons (Fsp3) is 0.583. The summed E-state index contributed by atoms with van der Waals surface area (Å²) in [6, 6.07) is 2.16. The molecule has 88 valence electrons. The van der Waals surface area contributed by atoms with Crippen molar-refractivity contribution in [3.8, 4) is 0 Å². The highest BCUT2D eigenvalue weighted by Crippen LogP contribution is 2.33. The first kappa shape index (κ1) is 11.6. The third-order valence-electron chi connectivity index (χ3n) is 2.91. The van der Waals surface area contributed by atoms with Gasteiger partial charge in [0.2, 0.25) is 0 Å². The van der Waals surface area contributed by atoms with Gasteiger partial charge in [0.25, 0.3) is 5.91 Å². The zero-order valence-electron chi connectivity index (χ0n) is 9.62. The van der Waals surface area contributed by atoms with Crippen LogP contribution in [0.5, 0.6) is 0 Å². The standard InChI is InChI=1S/C12H17NO2S/c1-12(2,15)11(14)13-9-4-3-5-10-8(9)6-7-16-10/h6-7,9,15H,3-5H2,1-2H3,(H,13,14). The van der Waals surface area contributed by atoms with E-state index < -0.39 is 5.60 Å². The molecule has 0 bridgehead atoms. The van der Waals surface area contributed by atoms with Gasteiger partial charge in [0.05, 0.1) is 6.04 Å². The molecule has 1 aromatic rings. The Hall–Kier alpha value is -0.870. The van der Waals surface area contributed by atoms with E-state index in [2.05, 4.69) is 16.8 Å². The molecule has 2 N–H and O–H groups in total. The molecule has 1 aliphatic rings. The maximum atomic E-state index is 11.7. The summed E-state index contributed by atoms with van der Waals surface area (Å²) in [5.41, 5.74) is -0.0676. The maximum Gasteiger partial charge on any atom is 0.251 e. The Balaban J connectivity index is 2.11. The molecule has 0 aromatic carbocycles. The van der Waals surface area contributed by atoms with Crippen molar-refractivity contribution in [1.82, 2.24) is 5.32 Å². The summed E-state index contributed by atoms with van der Waals surface area (Å²) in [7, 11) is 0. The molecule has 3 nitrogen and oxygen atoms in total. The molecule has 1 aromatic heterocycles. The van der Waals surface area contributed by atoms with E-state index >= 15 is 0 Å². The number of nitrogens with one attached hydrogen (secondary N) is 1. The van der Waals surface area contributed by atoms with Crippen LogP contribution in [0.1, 0.15) is 43.2 Å². The van der Waals surface area contributed by atoms with Crippen molar-refractivity contribution in [3.05, 3.63) is 21.9 Å². The number of hydrogen-bond donors (Lipinski definition) is 2. The quantitative estimate of drug-likeness (QED) is 0.829. The van der Waals surface area contributed by atoms with Gasteiger partial charge in [-0.1, -0.05) is 0 Å². The first-order valence-electron chi connectivity index (χ1n) is 5.58. The van der Waals surface area contributed by atoms with Crippen LogP contribution in [-0.2, 0) is 11.2 Å². The van der Waals surface area contributed by atoms with Gasteiger partial charge in [0.1, 0.15) is 5.60 Å². The second-order valence-electron chi connectivity index (χ2n) is 4.78. The minimum absolute atomic E-state index is 0.0777. The average molecular weight is 239 g/mol. The Morgan fingerprint density at radius 1 is 1.62 bits per heavy atom. The normalized spacial score (nSPS) is 20.3. The van der Waals surface area contributed by atoms with Crippen molar-refractivity contribution in [2.75, 3.05) is 0 Å². The lowest BCUT2D eigenvalue weighted by Crippen LogP contribution is -2.44. The van der Waals surface area contributed by atoms with Gasteiger partial charge in [0, 0.05) is 4.88 Å². The Kier molecular flexibility index (Phi) is 3.04. The number of fused-ring (bicyclic) bond motifs is 1. The predicted molar refractivity (Wildman–Crippen MR) is 64.4 cm³/mol. The molecule has 0 saturated heterocycles. The second-order valence-corrected chi connectivity index (χ2v) is 5.78. The lowest BCUT2D eigenvalue weighted by molar-refractivity contribution is -0.137. The van der Waals surface area contributed by atoms with E-state index in [4.69, 9.17) is 0 Å². The van der Waals surface area contributed by atoms with Crippen LogP contribution in [-0.4, -0.2) is 16.6 Å². The third kappa shape index (κ3) is 2.28. The van der Waals surface area contributed by atoms with Crippen LogP contribution in [0.4, 0.5) is 0 Å². The van der Waals surface area contributed by atoms with Gasteiger partial charge in [-0.05, 0) is 50.1 Å². The Morgan fingerprint density at radius 3 is 3.06 bits per heavy atom. The van der Waals surface area contributed by atoms with E-state index in [1.54, 1.807) is 11.3 Å². The summed E-state index contributed by atoms with van der Waals surface area (Å²) in [5, 5.41) is 14.6. The van der Waals surface area contributed by atoms with Gasteiger partial charge in [-0.15, -0.1) is 11.3 Å². The molecular weight excluding hydrogens is 222 g/mol. The fourth-order valence-electron chi connectivity index (χ4n) is 1.97. The monoisotopic (exact) mass is 239 g/mol. The number of aryl methyl sites for hydroxylation is 1. The van der Waals surface area contributed by atoms with Gasteiger partial charge in [-0.25, -0.2) is 0 Å². The van der Waals surface area contributed by atoms with Crippen molar-refractivity contribution in [3.63, 3.8) is 0 Å². The lowest BCUT2D eigenvalue weighted by Gasteiger charge is -2.26. The fourth-order valence-corrected chi connectivity index (χ4v) is 2.96. The number of thiophene rings is 1. The summed E-state index contributed by atoms with van der Waals surface area (Å²) in [6.45, 7) is 3.03. The SMILES string of the molecule is CC(C)(O)C(=O)NC1CCCc2sccc21. The van der Waals surface area contributed by atoms with Crippen LogP contribution in [0, 0.1) is 0 Å². The predicted octanol–water partition coefficient (Wildman–Crippen LogP) is 2.01. The Morgan fingerprint density at radius 2 is 2.38 bits per heavy atom. The number of amides is 1. The van der Waals surface area contributed by atoms with E-state index in [0.29, 0.717) is 0 Å². The van der Waals surface area contributed by atoms with E-state index in [-0.39, 0.29) is 11.9 Å². The van der Waals surface area contributed by atoms with Gasteiger partial charge in [-0.2, -0.15) is 0 Å². The number of rotatable bonds is 2. The van der Waals surface area contributed by atoms with Crippen LogP contribution >= 0.6 is 11.3 Å². The molecule has 1 heterocycles. The molecule has 0 radical (unpaired) electrons. The minimum Gasteiger partial charge on any atom is -0.381 e. The van der Waals surface area contributed by atoms with E-state index in [1.807, 2.05) is 0 Å². The summed E-state index contributed by atoms with van der Waals surface area (Å²) in [5.74, 6) is -0.295. The van der Waals surface area contributed by atoms with Crippen LogP contribution in [0.25, 0.3) is 0 Å². The Bertz CT molecular complexity index is 392. The molecule has 2 rings (SSSR count). The van der Waals surface area contributed by atoms with Gasteiger partial charge in [-0.3, -0.25) is 4.79 Å².